The van der Waals surface area contributed by atoms with E-state index in [4.69, 9.17) is 9.99 Å². The minimum absolute atomic E-state index is 0.240. The number of hydrogen-bond donors (Lipinski definition) is 2. The molecule has 0 aliphatic carbocycles. The fraction of sp³-hybridized carbons (Fsp3) is 0.455. The number of likely N-dealkylation sites (N-methyl/N-ethyl adjacent to an activating group) is 1. The first-order valence-electron chi connectivity index (χ1n) is 9.55. The molecule has 0 spiro atoms. The second kappa shape index (κ2) is 13.1. The average molecular weight is 393 g/mol. The van der Waals surface area contributed by atoms with E-state index < -0.39 is 0 Å². The van der Waals surface area contributed by atoms with Gasteiger partial charge in [0.2, 0.25) is 0 Å². The van der Waals surface area contributed by atoms with Crippen LogP contribution >= 0.6 is 0 Å². The number of benzene rings is 2. The summed E-state index contributed by atoms with van der Waals surface area (Å²) >= 11 is 0. The highest BCUT2D eigenvalue weighted by Gasteiger charge is 2.19. The van der Waals surface area contributed by atoms with E-state index in [2.05, 4.69) is 48.0 Å². The van der Waals surface area contributed by atoms with Gasteiger partial charge in [0, 0.05) is 25.3 Å². The lowest BCUT2D eigenvalue weighted by Crippen LogP contribution is -2.31. The molecule has 0 saturated carbocycles. The molecule has 1 aliphatic heterocycles. The van der Waals surface area contributed by atoms with Gasteiger partial charge in [0.15, 0.2) is 0 Å². The maximum Gasteiger partial charge on any atom is 0.123 e. The zero-order chi connectivity index (χ0) is 20.9. The van der Waals surface area contributed by atoms with Gasteiger partial charge in [0.25, 0.3) is 0 Å². The number of aryl methyl sites for hydroxylation is 1. The molecular weight excluding hydrogens is 359 g/mol. The van der Waals surface area contributed by atoms with Crippen LogP contribution < -0.4 is 10.1 Å². The molecule has 156 valence electrons. The number of methoxy groups -OCH3 is 1. The molecule has 0 amide bonds. The van der Waals surface area contributed by atoms with E-state index in [1.54, 1.807) is 24.8 Å². The summed E-state index contributed by atoms with van der Waals surface area (Å²) in [6.45, 7) is 11.1. The van der Waals surface area contributed by atoms with Crippen molar-refractivity contribution in [3.63, 3.8) is 0 Å². The number of ether oxygens (including phenoxy) is 1. The van der Waals surface area contributed by atoms with Crippen molar-refractivity contribution in [2.24, 2.45) is 0 Å². The Morgan fingerprint density at radius 3 is 2.25 bits per heavy atom. The van der Waals surface area contributed by atoms with Crippen LogP contribution in [-0.2, 0) is 17.9 Å². The Balaban J connectivity index is 0.000000276. The van der Waals surface area contributed by atoms with Gasteiger partial charge in [-0.05, 0) is 73.8 Å². The van der Waals surface area contributed by atoms with E-state index in [9.17, 15) is 4.39 Å². The van der Waals surface area contributed by atoms with Crippen LogP contribution in [0.15, 0.2) is 36.4 Å². The van der Waals surface area contributed by atoms with E-state index >= 15 is 0 Å². The summed E-state index contributed by atoms with van der Waals surface area (Å²) in [5.74, 6) is 0.437. The summed E-state index contributed by atoms with van der Waals surface area (Å²) in [5.41, 5.74) is 5.88. The van der Waals surface area contributed by atoms with Crippen LogP contribution in [0.5, 0.6) is 5.75 Å². The van der Waals surface area contributed by atoms with Crippen LogP contribution in [-0.4, -0.2) is 44.0 Å². The van der Waals surface area contributed by atoms with E-state index in [1.807, 2.05) is 0 Å². The van der Waals surface area contributed by atoms with Gasteiger partial charge in [0.1, 0.15) is 11.6 Å². The van der Waals surface area contributed by atoms with Gasteiger partial charge in [-0.15, -0.1) is 0 Å². The quantitative estimate of drug-likeness (QED) is 0.581. The number of hydrogen-bond acceptors (Lipinski definition) is 5. The third-order valence-electron chi connectivity index (χ3n) is 4.59. The molecule has 0 unspecified atom stereocenters. The highest BCUT2D eigenvalue weighted by atomic mass is 19.1. The van der Waals surface area contributed by atoms with Crippen LogP contribution in [0, 0.1) is 12.7 Å². The van der Waals surface area contributed by atoms with Gasteiger partial charge in [0.05, 0.1) is 14.2 Å². The summed E-state index contributed by atoms with van der Waals surface area (Å²) in [6.07, 6.45) is 1.20. The van der Waals surface area contributed by atoms with Gasteiger partial charge >= 0.3 is 0 Å². The Bertz CT molecular complexity index is 693. The van der Waals surface area contributed by atoms with Crippen LogP contribution in [0.25, 0.3) is 0 Å². The molecule has 0 radical (unpaired) electrons. The van der Waals surface area contributed by atoms with Gasteiger partial charge in [-0.3, -0.25) is 10.2 Å². The molecule has 0 fully saturated rings. The minimum atomic E-state index is -0.240. The molecule has 0 atom stereocenters. The Morgan fingerprint density at radius 2 is 1.71 bits per heavy atom. The minimum Gasteiger partial charge on any atom is -0.497 e. The lowest BCUT2D eigenvalue weighted by atomic mass is 9.93. The molecule has 0 bridgehead atoms. The summed E-state index contributed by atoms with van der Waals surface area (Å²) in [6, 6.07) is 10.4. The summed E-state index contributed by atoms with van der Waals surface area (Å²) in [5, 5.41) is 10.6. The summed E-state index contributed by atoms with van der Waals surface area (Å²) < 4.78 is 17.0. The fourth-order valence-corrected chi connectivity index (χ4v) is 3.11. The Morgan fingerprint density at radius 1 is 1.07 bits per heavy atom. The van der Waals surface area contributed by atoms with E-state index in [-0.39, 0.29) is 5.82 Å². The van der Waals surface area contributed by atoms with Crippen molar-refractivity contribution in [3.8, 4) is 5.75 Å². The average Bonchev–Trinajstić information content (AvgIpc) is 2.71. The number of anilines is 1. The maximum atomic E-state index is 12.2. The van der Waals surface area contributed by atoms with Gasteiger partial charge in [-0.1, -0.05) is 13.0 Å². The second-order valence-electron chi connectivity index (χ2n) is 6.38. The van der Waals surface area contributed by atoms with Crippen molar-refractivity contribution in [1.82, 2.24) is 4.90 Å². The molecule has 3 rings (SSSR count). The molecule has 5 nitrogen and oxygen atoms in total. The molecule has 2 aromatic carbocycles. The lowest BCUT2D eigenvalue weighted by molar-refractivity contribution is -0.214. The van der Waals surface area contributed by atoms with Crippen molar-refractivity contribution in [3.05, 3.63) is 58.9 Å². The second-order valence-corrected chi connectivity index (χ2v) is 6.38. The Labute approximate surface area is 168 Å². The zero-order valence-corrected chi connectivity index (χ0v) is 17.6. The SMILES string of the molecule is CCNc1ccc(C)c2c1CN(CC)CC2.COO.COc1ccc(F)cc1. The fourth-order valence-electron chi connectivity index (χ4n) is 3.11. The first-order chi connectivity index (χ1) is 13.5. The molecular formula is C22H33FN2O3. The topological polar surface area (TPSA) is 54.0 Å². The first kappa shape index (κ1) is 23.9. The molecule has 6 heteroatoms. The number of nitrogens with zero attached hydrogens (tertiary/aromatic N) is 1. The lowest BCUT2D eigenvalue weighted by Gasteiger charge is -2.30. The third-order valence-corrected chi connectivity index (χ3v) is 4.59. The zero-order valence-electron chi connectivity index (χ0n) is 17.6. The molecule has 0 aromatic heterocycles. The Kier molecular flexibility index (Phi) is 11.2. The van der Waals surface area contributed by atoms with Crippen molar-refractivity contribution in [1.29, 1.82) is 0 Å². The molecule has 28 heavy (non-hydrogen) atoms. The highest BCUT2D eigenvalue weighted by Crippen LogP contribution is 2.28. The number of fused-ring (bicyclic) bond motifs is 1. The van der Waals surface area contributed by atoms with Crippen LogP contribution in [0.3, 0.4) is 0 Å². The number of nitrogens with one attached hydrogen (secondary N) is 1. The van der Waals surface area contributed by atoms with Crippen LogP contribution in [0.1, 0.15) is 30.5 Å². The number of halogens is 1. The van der Waals surface area contributed by atoms with Crippen LogP contribution in [0.2, 0.25) is 0 Å². The van der Waals surface area contributed by atoms with Crippen LogP contribution in [0.4, 0.5) is 10.1 Å². The van der Waals surface area contributed by atoms with E-state index in [1.165, 1.54) is 49.0 Å². The van der Waals surface area contributed by atoms with Crippen molar-refractivity contribution < 1.29 is 19.3 Å². The largest absolute Gasteiger partial charge is 0.497 e. The number of rotatable bonds is 4. The normalized spacial score (nSPS) is 12.7. The van der Waals surface area contributed by atoms with Crippen molar-refractivity contribution in [2.45, 2.75) is 33.7 Å². The highest BCUT2D eigenvalue weighted by molar-refractivity contribution is 5.57. The predicted molar refractivity (Wildman–Crippen MR) is 113 cm³/mol. The monoisotopic (exact) mass is 392 g/mol. The van der Waals surface area contributed by atoms with E-state index in [0.29, 0.717) is 5.75 Å². The molecule has 1 aliphatic rings. The van der Waals surface area contributed by atoms with Gasteiger partial charge < -0.3 is 10.1 Å². The molecule has 0 saturated heterocycles. The summed E-state index contributed by atoms with van der Waals surface area (Å²) in [7, 11) is 2.73. The van der Waals surface area contributed by atoms with Gasteiger partial charge in [-0.25, -0.2) is 9.28 Å². The smallest absolute Gasteiger partial charge is 0.123 e. The van der Waals surface area contributed by atoms with Crippen molar-refractivity contribution in [2.75, 3.05) is 39.2 Å². The predicted octanol–water partition coefficient (Wildman–Crippen LogP) is 4.74. The van der Waals surface area contributed by atoms with E-state index in [0.717, 1.165) is 19.6 Å². The molecule has 1 heterocycles. The maximum absolute atomic E-state index is 12.2. The standard InChI is InChI=1S/C14H22N2.C7H7FO.CH4O2/c1-4-15-14-7-6-11(3)12-8-9-16(5-2)10-13(12)14;1-9-7-4-2-6(8)3-5-7;1-3-2/h6-7,15H,4-5,8-10H2,1-3H3;2-5H,1H3;2H,1H3. The third kappa shape index (κ3) is 7.46. The van der Waals surface area contributed by atoms with Crippen molar-refractivity contribution >= 4 is 5.69 Å². The van der Waals surface area contributed by atoms with Gasteiger partial charge in [-0.2, -0.15) is 0 Å². The summed E-state index contributed by atoms with van der Waals surface area (Å²) in [4.78, 5) is 5.77. The Hall–Kier alpha value is -2.15. The molecule has 2 N–H and O–H groups in total. The molecule has 2 aromatic rings. The first-order valence-corrected chi connectivity index (χ1v) is 9.55.